The summed E-state index contributed by atoms with van der Waals surface area (Å²) < 4.78 is 11.0. The molecule has 5 nitrogen and oxygen atoms in total. The lowest BCUT2D eigenvalue weighted by Gasteiger charge is -2.19. The predicted molar refractivity (Wildman–Crippen MR) is 112 cm³/mol. The summed E-state index contributed by atoms with van der Waals surface area (Å²) in [5.41, 5.74) is 3.17. The molecule has 2 aromatic rings. The number of carbonyl (C=O) groups excluding carboxylic acids is 1. The molecule has 0 saturated carbocycles. The van der Waals surface area contributed by atoms with Crippen LogP contribution in [0.2, 0.25) is 5.02 Å². The number of halogens is 1. The maximum atomic E-state index is 11.9. The van der Waals surface area contributed by atoms with Crippen LogP contribution in [0.5, 0.6) is 11.5 Å². The van der Waals surface area contributed by atoms with Crippen molar-refractivity contribution in [2.75, 3.05) is 25.2 Å². The summed E-state index contributed by atoms with van der Waals surface area (Å²) >= 11 is 6.33. The van der Waals surface area contributed by atoms with Crippen molar-refractivity contribution >= 4 is 23.2 Å². The van der Waals surface area contributed by atoms with Crippen LogP contribution in [0.4, 0.5) is 5.69 Å². The minimum atomic E-state index is 0.153. The van der Waals surface area contributed by atoms with E-state index in [9.17, 15) is 4.79 Å². The van der Waals surface area contributed by atoms with Gasteiger partial charge in [0.1, 0.15) is 0 Å². The average Bonchev–Trinajstić information content (AvgIpc) is 3.12. The molecule has 0 bridgehead atoms. The molecule has 1 aliphatic rings. The summed E-state index contributed by atoms with van der Waals surface area (Å²) in [4.78, 5) is 13.7. The Morgan fingerprint density at radius 1 is 1.25 bits per heavy atom. The monoisotopic (exact) mass is 402 g/mol. The Balaban J connectivity index is 1.65. The highest BCUT2D eigenvalue weighted by Crippen LogP contribution is 2.36. The lowest BCUT2D eigenvalue weighted by Crippen LogP contribution is -2.23. The number of hydrogen-bond acceptors (Lipinski definition) is 4. The van der Waals surface area contributed by atoms with Crippen molar-refractivity contribution in [3.8, 4) is 11.5 Å². The molecule has 0 radical (unpaired) electrons. The molecular weight excluding hydrogens is 376 g/mol. The number of amides is 1. The smallest absolute Gasteiger partial charge is 0.227 e. The van der Waals surface area contributed by atoms with Crippen molar-refractivity contribution in [1.29, 1.82) is 0 Å². The van der Waals surface area contributed by atoms with Gasteiger partial charge in [0.2, 0.25) is 5.91 Å². The van der Waals surface area contributed by atoms with Gasteiger partial charge in [0.05, 0.1) is 18.7 Å². The van der Waals surface area contributed by atoms with E-state index in [-0.39, 0.29) is 11.9 Å². The third-order valence-electron chi connectivity index (χ3n) is 4.96. The van der Waals surface area contributed by atoms with E-state index in [1.54, 1.807) is 7.11 Å². The summed E-state index contributed by atoms with van der Waals surface area (Å²) in [5.74, 6) is 1.43. The van der Waals surface area contributed by atoms with Crippen LogP contribution >= 0.6 is 11.6 Å². The van der Waals surface area contributed by atoms with E-state index in [0.29, 0.717) is 36.1 Å². The van der Waals surface area contributed by atoms with Gasteiger partial charge in [-0.05, 0) is 55.7 Å². The highest BCUT2D eigenvalue weighted by atomic mass is 35.5. The van der Waals surface area contributed by atoms with Gasteiger partial charge >= 0.3 is 0 Å². The second kappa shape index (κ2) is 9.30. The first-order chi connectivity index (χ1) is 13.5. The molecule has 1 N–H and O–H groups in total. The topological polar surface area (TPSA) is 50.8 Å². The fraction of sp³-hybridized carbons (Fsp3) is 0.409. The standard InChI is InChI=1S/C22H27ClN2O3/c1-4-28-20-13-16(12-19(23)22(20)27-3)14-24-15(2)17-7-9-18(10-8-17)25-11-5-6-21(25)26/h7-10,12-13,15,24H,4-6,11,14H2,1-3H3. The second-order valence-corrected chi connectivity index (χ2v) is 7.29. The molecule has 28 heavy (non-hydrogen) atoms. The average molecular weight is 403 g/mol. The molecule has 1 heterocycles. The molecule has 2 aromatic carbocycles. The van der Waals surface area contributed by atoms with Crippen LogP contribution in [0.25, 0.3) is 0 Å². The summed E-state index contributed by atoms with van der Waals surface area (Å²) in [6.07, 6.45) is 1.58. The first-order valence-corrected chi connectivity index (χ1v) is 10.0. The Kier molecular flexibility index (Phi) is 6.81. The van der Waals surface area contributed by atoms with Crippen molar-refractivity contribution in [1.82, 2.24) is 5.32 Å². The molecule has 0 aliphatic carbocycles. The Bertz CT molecular complexity index is 823. The molecule has 1 atom stereocenters. The third-order valence-corrected chi connectivity index (χ3v) is 5.24. The number of nitrogens with one attached hydrogen (secondary N) is 1. The zero-order valence-corrected chi connectivity index (χ0v) is 17.4. The number of methoxy groups -OCH3 is 1. The van der Waals surface area contributed by atoms with Gasteiger partial charge in [0.15, 0.2) is 11.5 Å². The molecular formula is C22H27ClN2O3. The summed E-state index contributed by atoms with van der Waals surface area (Å²) in [5, 5.41) is 4.05. The van der Waals surface area contributed by atoms with Crippen LogP contribution in [-0.2, 0) is 11.3 Å². The van der Waals surface area contributed by atoms with Gasteiger partial charge in [-0.15, -0.1) is 0 Å². The zero-order chi connectivity index (χ0) is 20.1. The Labute approximate surface area is 171 Å². The maximum Gasteiger partial charge on any atom is 0.227 e. The van der Waals surface area contributed by atoms with Crippen molar-refractivity contribution in [3.63, 3.8) is 0 Å². The number of hydrogen-bond donors (Lipinski definition) is 1. The van der Waals surface area contributed by atoms with Crippen LogP contribution in [0.1, 0.15) is 43.9 Å². The van der Waals surface area contributed by atoms with Crippen LogP contribution < -0.4 is 19.7 Å². The minimum absolute atomic E-state index is 0.153. The van der Waals surface area contributed by atoms with Crippen LogP contribution in [0, 0.1) is 0 Å². The van der Waals surface area contributed by atoms with E-state index >= 15 is 0 Å². The van der Waals surface area contributed by atoms with Crippen molar-refractivity contribution < 1.29 is 14.3 Å². The van der Waals surface area contributed by atoms with Gasteiger partial charge in [-0.1, -0.05) is 23.7 Å². The van der Waals surface area contributed by atoms with Gasteiger partial charge in [-0.25, -0.2) is 0 Å². The van der Waals surface area contributed by atoms with Gasteiger partial charge in [-0.2, -0.15) is 0 Å². The largest absolute Gasteiger partial charge is 0.491 e. The quantitative estimate of drug-likeness (QED) is 0.693. The number of nitrogens with zero attached hydrogens (tertiary/aromatic N) is 1. The molecule has 6 heteroatoms. The van der Waals surface area contributed by atoms with E-state index in [1.165, 1.54) is 5.56 Å². The fourth-order valence-electron chi connectivity index (χ4n) is 3.44. The van der Waals surface area contributed by atoms with Gasteiger partial charge in [-0.3, -0.25) is 4.79 Å². The minimum Gasteiger partial charge on any atom is -0.491 e. The maximum absolute atomic E-state index is 11.9. The number of rotatable bonds is 8. The number of anilines is 1. The van der Waals surface area contributed by atoms with E-state index in [2.05, 4.69) is 24.4 Å². The number of ether oxygens (including phenoxy) is 2. The summed E-state index contributed by atoms with van der Waals surface area (Å²) in [7, 11) is 1.59. The van der Waals surface area contributed by atoms with Crippen molar-refractivity contribution in [2.45, 2.75) is 39.3 Å². The highest BCUT2D eigenvalue weighted by molar-refractivity contribution is 6.32. The molecule has 0 aromatic heterocycles. The lowest BCUT2D eigenvalue weighted by molar-refractivity contribution is -0.117. The van der Waals surface area contributed by atoms with Crippen molar-refractivity contribution in [2.24, 2.45) is 0 Å². The van der Waals surface area contributed by atoms with Gasteiger partial charge < -0.3 is 19.7 Å². The van der Waals surface area contributed by atoms with Crippen LogP contribution in [0.3, 0.4) is 0 Å². The normalized spacial score (nSPS) is 15.0. The SMILES string of the molecule is CCOc1cc(CNC(C)c2ccc(N3CCCC3=O)cc2)cc(Cl)c1OC. The van der Waals surface area contributed by atoms with Crippen LogP contribution in [-0.4, -0.2) is 26.2 Å². The summed E-state index contributed by atoms with van der Waals surface area (Å²) in [6, 6.07) is 12.2. The van der Waals surface area contributed by atoms with Crippen LogP contribution in [0.15, 0.2) is 36.4 Å². The first kappa shape index (κ1) is 20.5. The van der Waals surface area contributed by atoms with E-state index in [4.69, 9.17) is 21.1 Å². The Morgan fingerprint density at radius 3 is 2.61 bits per heavy atom. The van der Waals surface area contributed by atoms with Crippen molar-refractivity contribution in [3.05, 3.63) is 52.5 Å². The van der Waals surface area contributed by atoms with E-state index in [0.717, 1.165) is 24.2 Å². The molecule has 1 fully saturated rings. The fourth-order valence-corrected chi connectivity index (χ4v) is 3.75. The number of benzene rings is 2. The molecule has 1 saturated heterocycles. The molecule has 150 valence electrons. The molecule has 0 spiro atoms. The molecule has 3 rings (SSSR count). The second-order valence-electron chi connectivity index (χ2n) is 6.89. The zero-order valence-electron chi connectivity index (χ0n) is 16.6. The molecule has 1 amide bonds. The third kappa shape index (κ3) is 4.59. The number of carbonyl (C=O) groups is 1. The Hall–Kier alpha value is -2.24. The lowest BCUT2D eigenvalue weighted by atomic mass is 10.1. The highest BCUT2D eigenvalue weighted by Gasteiger charge is 2.21. The van der Waals surface area contributed by atoms with E-state index < -0.39 is 0 Å². The molecule has 1 unspecified atom stereocenters. The van der Waals surface area contributed by atoms with Gasteiger partial charge in [0, 0.05) is 31.2 Å². The summed E-state index contributed by atoms with van der Waals surface area (Å²) in [6.45, 7) is 6.06. The van der Waals surface area contributed by atoms with E-state index in [1.807, 2.05) is 36.1 Å². The predicted octanol–water partition coefficient (Wildman–Crippen LogP) is 4.72. The first-order valence-electron chi connectivity index (χ1n) is 9.66. The Morgan fingerprint density at radius 2 is 2.00 bits per heavy atom. The molecule has 1 aliphatic heterocycles. The van der Waals surface area contributed by atoms with Gasteiger partial charge in [0.25, 0.3) is 0 Å².